The van der Waals surface area contributed by atoms with Crippen molar-refractivity contribution in [3.63, 3.8) is 0 Å². The Bertz CT molecular complexity index is 1570. The van der Waals surface area contributed by atoms with Gasteiger partial charge in [-0.3, -0.25) is 9.59 Å². The van der Waals surface area contributed by atoms with E-state index in [9.17, 15) is 18.0 Å². The number of amides is 1. The van der Waals surface area contributed by atoms with Crippen LogP contribution in [0.1, 0.15) is 33.1 Å². The molecule has 0 unspecified atom stereocenters. The first kappa shape index (κ1) is 23.1. The highest BCUT2D eigenvalue weighted by atomic mass is 32.2. The molecule has 174 valence electrons. The molecule has 0 fully saturated rings. The van der Waals surface area contributed by atoms with Crippen LogP contribution in [0.4, 0.5) is 11.6 Å². The van der Waals surface area contributed by atoms with Crippen LogP contribution < -0.4 is 15.5 Å². The van der Waals surface area contributed by atoms with E-state index in [0.29, 0.717) is 28.0 Å². The van der Waals surface area contributed by atoms with Crippen LogP contribution in [-0.4, -0.2) is 24.3 Å². The number of nitrogens with one attached hydrogen (secondary N) is 2. The highest BCUT2D eigenvalue weighted by molar-refractivity contribution is 7.92. The minimum absolute atomic E-state index is 0.0216. The number of sulfonamides is 1. The first-order chi connectivity index (χ1) is 16.0. The molecule has 4 aromatic rings. The van der Waals surface area contributed by atoms with E-state index >= 15 is 0 Å². The third kappa shape index (κ3) is 4.81. The van der Waals surface area contributed by atoms with Crippen molar-refractivity contribution in [2.75, 3.05) is 10.0 Å². The summed E-state index contributed by atoms with van der Waals surface area (Å²) < 4.78 is 33.4. The molecule has 2 aromatic heterocycles. The number of anilines is 2. The summed E-state index contributed by atoms with van der Waals surface area (Å²) in [7, 11) is -3.93. The van der Waals surface area contributed by atoms with E-state index in [0.717, 1.165) is 17.2 Å². The second-order valence-corrected chi connectivity index (χ2v) is 9.67. The van der Waals surface area contributed by atoms with E-state index in [-0.39, 0.29) is 22.0 Å². The van der Waals surface area contributed by atoms with Gasteiger partial charge in [0, 0.05) is 23.1 Å². The molecule has 0 aliphatic rings. The number of fused-ring (bicyclic) bond motifs is 1. The van der Waals surface area contributed by atoms with Crippen LogP contribution in [-0.2, 0) is 10.0 Å². The lowest BCUT2D eigenvalue weighted by Crippen LogP contribution is -2.17. The predicted octanol–water partition coefficient (Wildman–Crippen LogP) is 3.87. The fourth-order valence-corrected chi connectivity index (χ4v) is 4.58. The number of carbonyl (C=O) groups excluding carboxylic acids is 1. The summed E-state index contributed by atoms with van der Waals surface area (Å²) >= 11 is 0. The Morgan fingerprint density at radius 3 is 2.21 bits per heavy atom. The van der Waals surface area contributed by atoms with Gasteiger partial charge in [0.15, 0.2) is 11.2 Å². The summed E-state index contributed by atoms with van der Waals surface area (Å²) in [6.45, 7) is 7.16. The molecule has 4 rings (SSSR count). The highest BCUT2D eigenvalue weighted by Crippen LogP contribution is 2.21. The SMILES string of the molecule is Cc1cc(C)c2c(=O)cc(C(=O)Nc3ccc(S(=O)(=O)Nc4nc(C)cc(C)n4)cc3)oc2c1. The third-order valence-electron chi connectivity index (χ3n) is 5.03. The Hall–Kier alpha value is -4.05. The molecule has 0 bridgehead atoms. The molecule has 9 nitrogen and oxygen atoms in total. The zero-order chi connectivity index (χ0) is 24.6. The number of benzene rings is 2. The molecule has 0 saturated heterocycles. The molecule has 0 aliphatic carbocycles. The fourth-order valence-electron chi connectivity index (χ4n) is 3.64. The first-order valence-corrected chi connectivity index (χ1v) is 11.8. The minimum atomic E-state index is -3.93. The predicted molar refractivity (Wildman–Crippen MR) is 129 cm³/mol. The van der Waals surface area contributed by atoms with Gasteiger partial charge >= 0.3 is 0 Å². The maximum atomic E-state index is 12.7. The number of aromatic nitrogens is 2. The van der Waals surface area contributed by atoms with E-state index in [4.69, 9.17) is 4.42 Å². The highest BCUT2D eigenvalue weighted by Gasteiger charge is 2.18. The molecule has 0 spiro atoms. The molecule has 2 N–H and O–H groups in total. The van der Waals surface area contributed by atoms with Crippen molar-refractivity contribution in [1.82, 2.24) is 9.97 Å². The molecule has 0 saturated carbocycles. The van der Waals surface area contributed by atoms with Gasteiger partial charge < -0.3 is 9.73 Å². The van der Waals surface area contributed by atoms with Crippen molar-refractivity contribution >= 4 is 38.5 Å². The monoisotopic (exact) mass is 478 g/mol. The largest absolute Gasteiger partial charge is 0.451 e. The normalized spacial score (nSPS) is 11.4. The summed E-state index contributed by atoms with van der Waals surface area (Å²) in [6.07, 6.45) is 0. The summed E-state index contributed by atoms with van der Waals surface area (Å²) in [6, 6.07) is 12.0. The van der Waals surface area contributed by atoms with Crippen LogP contribution in [0.5, 0.6) is 0 Å². The summed E-state index contributed by atoms with van der Waals surface area (Å²) in [5.74, 6) is -0.796. The molecule has 2 aromatic carbocycles. The number of rotatable bonds is 5. The van der Waals surface area contributed by atoms with Gasteiger partial charge in [-0.05, 0) is 75.2 Å². The Morgan fingerprint density at radius 2 is 1.56 bits per heavy atom. The summed E-state index contributed by atoms with van der Waals surface area (Å²) in [5, 5.41) is 3.04. The van der Waals surface area contributed by atoms with Gasteiger partial charge in [-0.25, -0.2) is 23.1 Å². The first-order valence-electron chi connectivity index (χ1n) is 10.3. The second kappa shape index (κ2) is 8.71. The lowest BCUT2D eigenvalue weighted by molar-refractivity contribution is 0.0997. The van der Waals surface area contributed by atoms with E-state index in [2.05, 4.69) is 20.0 Å². The molecule has 1 amide bonds. The smallest absolute Gasteiger partial charge is 0.291 e. The maximum absolute atomic E-state index is 12.7. The molecular weight excluding hydrogens is 456 g/mol. The third-order valence-corrected chi connectivity index (χ3v) is 6.37. The Kier molecular flexibility index (Phi) is 5.92. The van der Waals surface area contributed by atoms with Gasteiger partial charge in [-0.1, -0.05) is 6.07 Å². The van der Waals surface area contributed by atoms with E-state index in [1.165, 1.54) is 24.3 Å². The molecule has 2 heterocycles. The Morgan fingerprint density at radius 1 is 0.912 bits per heavy atom. The Balaban J connectivity index is 1.54. The van der Waals surface area contributed by atoms with Crippen molar-refractivity contribution in [1.29, 1.82) is 0 Å². The van der Waals surface area contributed by atoms with Crippen LogP contribution in [0.2, 0.25) is 0 Å². The van der Waals surface area contributed by atoms with E-state index < -0.39 is 15.9 Å². The van der Waals surface area contributed by atoms with Gasteiger partial charge in [-0.15, -0.1) is 0 Å². The van der Waals surface area contributed by atoms with Gasteiger partial charge in [0.1, 0.15) is 5.58 Å². The number of hydrogen-bond acceptors (Lipinski definition) is 7. The lowest BCUT2D eigenvalue weighted by Gasteiger charge is -2.10. The number of hydrogen-bond donors (Lipinski definition) is 2. The standard InChI is InChI=1S/C24H22N4O5S/c1-13-9-14(2)22-19(29)12-21(33-20(22)10-13)23(30)27-17-5-7-18(8-6-17)34(31,32)28-24-25-15(3)11-16(4)26-24/h5-12H,1-4H3,(H,27,30)(H,25,26,28). The van der Waals surface area contributed by atoms with Gasteiger partial charge in [0.25, 0.3) is 15.9 Å². The van der Waals surface area contributed by atoms with Crippen LogP contribution in [0.15, 0.2) is 62.6 Å². The van der Waals surface area contributed by atoms with Gasteiger partial charge in [0.2, 0.25) is 5.95 Å². The van der Waals surface area contributed by atoms with Gasteiger partial charge in [0.05, 0.1) is 10.3 Å². The topological polar surface area (TPSA) is 131 Å². The van der Waals surface area contributed by atoms with Crippen LogP contribution in [0, 0.1) is 27.7 Å². The molecule has 0 radical (unpaired) electrons. The quantitative estimate of drug-likeness (QED) is 0.445. The molecule has 0 atom stereocenters. The molecule has 34 heavy (non-hydrogen) atoms. The lowest BCUT2D eigenvalue weighted by atomic mass is 10.1. The molecule has 0 aliphatic heterocycles. The summed E-state index contributed by atoms with van der Waals surface area (Å²) in [5.41, 5.74) is 3.29. The molecular formula is C24H22N4O5S. The maximum Gasteiger partial charge on any atom is 0.291 e. The molecule has 10 heteroatoms. The van der Waals surface area contributed by atoms with E-state index in [1.54, 1.807) is 26.0 Å². The average molecular weight is 479 g/mol. The average Bonchev–Trinajstić information content (AvgIpc) is 2.72. The Labute approximate surface area is 195 Å². The second-order valence-electron chi connectivity index (χ2n) is 7.99. The van der Waals surface area contributed by atoms with Crippen molar-refractivity contribution in [3.05, 3.63) is 87.0 Å². The van der Waals surface area contributed by atoms with Crippen molar-refractivity contribution in [2.45, 2.75) is 32.6 Å². The van der Waals surface area contributed by atoms with Crippen LogP contribution in [0.3, 0.4) is 0 Å². The van der Waals surface area contributed by atoms with Crippen molar-refractivity contribution in [2.24, 2.45) is 0 Å². The minimum Gasteiger partial charge on any atom is -0.451 e. The van der Waals surface area contributed by atoms with Crippen LogP contribution >= 0.6 is 0 Å². The van der Waals surface area contributed by atoms with Crippen LogP contribution in [0.25, 0.3) is 11.0 Å². The number of carbonyl (C=O) groups is 1. The number of nitrogens with zero attached hydrogens (tertiary/aromatic N) is 2. The number of aryl methyl sites for hydroxylation is 4. The fraction of sp³-hybridized carbons (Fsp3) is 0.167. The van der Waals surface area contributed by atoms with Crippen molar-refractivity contribution < 1.29 is 17.6 Å². The van der Waals surface area contributed by atoms with E-state index in [1.807, 2.05) is 19.9 Å². The van der Waals surface area contributed by atoms with Gasteiger partial charge in [-0.2, -0.15) is 0 Å². The summed E-state index contributed by atoms with van der Waals surface area (Å²) in [4.78, 5) is 33.3. The van der Waals surface area contributed by atoms with Crippen molar-refractivity contribution in [3.8, 4) is 0 Å². The zero-order valence-corrected chi connectivity index (χ0v) is 19.8. The zero-order valence-electron chi connectivity index (χ0n) is 19.0.